The summed E-state index contributed by atoms with van der Waals surface area (Å²) in [6, 6.07) is 8.62. The summed E-state index contributed by atoms with van der Waals surface area (Å²) in [7, 11) is 0. The second-order valence-electron chi connectivity index (χ2n) is 5.04. The number of hydrogen-bond acceptors (Lipinski definition) is 1. The van der Waals surface area contributed by atoms with Gasteiger partial charge in [0, 0.05) is 12.2 Å². The molecule has 114 valence electrons. The van der Waals surface area contributed by atoms with Crippen LogP contribution >= 0.6 is 0 Å². The number of rotatable bonds is 1. The van der Waals surface area contributed by atoms with Crippen LogP contribution in [0.4, 0.5) is 29.3 Å². The second kappa shape index (κ2) is 5.71. The van der Waals surface area contributed by atoms with Gasteiger partial charge in [0.1, 0.15) is 0 Å². The summed E-state index contributed by atoms with van der Waals surface area (Å²) in [6.45, 7) is 0.480. The normalized spacial score (nSPS) is 13.7. The number of carbonyl (C=O) groups excluding carboxylic acids is 1. The Kier molecular flexibility index (Phi) is 3.75. The Bertz CT molecular complexity index is 733. The number of fused-ring (bicyclic) bond motifs is 1. The Morgan fingerprint density at radius 3 is 2.64 bits per heavy atom. The van der Waals surface area contributed by atoms with Crippen LogP contribution in [0.2, 0.25) is 0 Å². The number of aryl methyl sites for hydroxylation is 1. The third kappa shape index (κ3) is 2.52. The summed E-state index contributed by atoms with van der Waals surface area (Å²) in [5.74, 6) is -4.30. The largest absolute Gasteiger partial charge is 0.326 e. The standard InChI is InChI=1S/C16H13F3N2O/c17-11-7-8-12(15(19)14(11)18)20-16(22)21-9-3-5-10-4-1-2-6-13(10)21/h1-2,4,6-8H,3,5,9H2,(H,20,22). The third-order valence-electron chi connectivity index (χ3n) is 3.63. The van der Waals surface area contributed by atoms with Crippen molar-refractivity contribution in [2.75, 3.05) is 16.8 Å². The lowest BCUT2D eigenvalue weighted by atomic mass is 10.0. The lowest BCUT2D eigenvalue weighted by molar-refractivity contribution is 0.256. The molecule has 0 bridgehead atoms. The number of para-hydroxylation sites is 1. The van der Waals surface area contributed by atoms with Crippen LogP contribution in [0.5, 0.6) is 0 Å². The van der Waals surface area contributed by atoms with Crippen LogP contribution in [0.1, 0.15) is 12.0 Å². The van der Waals surface area contributed by atoms with E-state index in [0.717, 1.165) is 36.2 Å². The topological polar surface area (TPSA) is 32.3 Å². The minimum absolute atomic E-state index is 0.382. The van der Waals surface area contributed by atoms with Gasteiger partial charge in [0.05, 0.1) is 5.69 Å². The number of urea groups is 1. The molecule has 0 saturated heterocycles. The quantitative estimate of drug-likeness (QED) is 0.791. The van der Waals surface area contributed by atoms with Crippen LogP contribution in [0.15, 0.2) is 36.4 Å². The minimum atomic E-state index is -1.60. The number of halogens is 3. The lowest BCUT2D eigenvalue weighted by Gasteiger charge is -2.29. The van der Waals surface area contributed by atoms with E-state index in [1.54, 1.807) is 6.07 Å². The second-order valence-corrected chi connectivity index (χ2v) is 5.04. The van der Waals surface area contributed by atoms with E-state index in [1.165, 1.54) is 4.90 Å². The number of anilines is 2. The van der Waals surface area contributed by atoms with Gasteiger partial charge in [0.15, 0.2) is 17.5 Å². The van der Waals surface area contributed by atoms with E-state index < -0.39 is 23.5 Å². The fourth-order valence-corrected chi connectivity index (χ4v) is 2.55. The average molecular weight is 306 g/mol. The zero-order valence-corrected chi connectivity index (χ0v) is 11.6. The molecular formula is C16H13F3N2O. The Morgan fingerprint density at radius 1 is 1.05 bits per heavy atom. The van der Waals surface area contributed by atoms with Crippen molar-refractivity contribution in [1.82, 2.24) is 0 Å². The fraction of sp³-hybridized carbons (Fsp3) is 0.188. The van der Waals surface area contributed by atoms with Gasteiger partial charge in [-0.05, 0) is 36.6 Å². The van der Waals surface area contributed by atoms with Crippen molar-refractivity contribution < 1.29 is 18.0 Å². The molecule has 3 rings (SSSR count). The van der Waals surface area contributed by atoms with Gasteiger partial charge in [-0.3, -0.25) is 4.90 Å². The maximum Gasteiger partial charge on any atom is 0.326 e. The molecule has 1 aliphatic rings. The number of hydrogen-bond donors (Lipinski definition) is 1. The van der Waals surface area contributed by atoms with Crippen LogP contribution in [-0.4, -0.2) is 12.6 Å². The van der Waals surface area contributed by atoms with Crippen LogP contribution < -0.4 is 10.2 Å². The van der Waals surface area contributed by atoms with E-state index in [0.29, 0.717) is 6.54 Å². The smallest absolute Gasteiger partial charge is 0.305 e. The van der Waals surface area contributed by atoms with E-state index in [-0.39, 0.29) is 5.69 Å². The van der Waals surface area contributed by atoms with Crippen molar-refractivity contribution in [3.63, 3.8) is 0 Å². The first kappa shape index (κ1) is 14.4. The molecule has 0 radical (unpaired) electrons. The Balaban J connectivity index is 1.86. The van der Waals surface area contributed by atoms with E-state index >= 15 is 0 Å². The van der Waals surface area contributed by atoms with Gasteiger partial charge < -0.3 is 5.32 Å². The molecule has 0 fully saturated rings. The van der Waals surface area contributed by atoms with Gasteiger partial charge in [0.2, 0.25) is 0 Å². The molecule has 1 heterocycles. The molecular weight excluding hydrogens is 293 g/mol. The van der Waals surface area contributed by atoms with Gasteiger partial charge in [-0.1, -0.05) is 18.2 Å². The molecule has 0 saturated carbocycles. The maximum atomic E-state index is 13.6. The minimum Gasteiger partial charge on any atom is -0.305 e. The Labute approximate surface area is 125 Å². The van der Waals surface area contributed by atoms with Gasteiger partial charge in [-0.2, -0.15) is 0 Å². The lowest BCUT2D eigenvalue weighted by Crippen LogP contribution is -2.38. The third-order valence-corrected chi connectivity index (χ3v) is 3.63. The van der Waals surface area contributed by atoms with Gasteiger partial charge in [-0.25, -0.2) is 18.0 Å². The van der Waals surface area contributed by atoms with Crippen molar-refractivity contribution >= 4 is 17.4 Å². The van der Waals surface area contributed by atoms with E-state index in [2.05, 4.69) is 5.32 Å². The highest BCUT2D eigenvalue weighted by molar-refractivity contribution is 6.02. The first-order valence-electron chi connectivity index (χ1n) is 6.88. The highest BCUT2D eigenvalue weighted by Gasteiger charge is 2.23. The van der Waals surface area contributed by atoms with Crippen molar-refractivity contribution in [1.29, 1.82) is 0 Å². The van der Waals surface area contributed by atoms with Crippen LogP contribution in [-0.2, 0) is 6.42 Å². The number of carbonyl (C=O) groups is 1. The number of nitrogens with zero attached hydrogens (tertiary/aromatic N) is 1. The number of benzene rings is 2. The molecule has 1 N–H and O–H groups in total. The van der Waals surface area contributed by atoms with E-state index in [9.17, 15) is 18.0 Å². The zero-order chi connectivity index (χ0) is 15.7. The monoisotopic (exact) mass is 306 g/mol. The average Bonchev–Trinajstić information content (AvgIpc) is 2.55. The Morgan fingerprint density at radius 2 is 1.82 bits per heavy atom. The zero-order valence-electron chi connectivity index (χ0n) is 11.6. The van der Waals surface area contributed by atoms with Crippen molar-refractivity contribution in [3.05, 3.63) is 59.4 Å². The Hall–Kier alpha value is -2.50. The molecule has 2 aromatic carbocycles. The van der Waals surface area contributed by atoms with E-state index in [4.69, 9.17) is 0 Å². The number of amides is 2. The van der Waals surface area contributed by atoms with Crippen LogP contribution in [0.3, 0.4) is 0 Å². The molecule has 0 unspecified atom stereocenters. The maximum absolute atomic E-state index is 13.6. The molecule has 0 spiro atoms. The summed E-state index contributed by atoms with van der Waals surface area (Å²) >= 11 is 0. The molecule has 6 heteroatoms. The fourth-order valence-electron chi connectivity index (χ4n) is 2.55. The van der Waals surface area contributed by atoms with Gasteiger partial charge >= 0.3 is 6.03 Å². The predicted octanol–water partition coefficient (Wildman–Crippen LogP) is 4.09. The summed E-state index contributed by atoms with van der Waals surface area (Å²) in [6.07, 6.45) is 1.64. The highest BCUT2D eigenvalue weighted by atomic mass is 19.2. The number of nitrogens with one attached hydrogen (secondary N) is 1. The van der Waals surface area contributed by atoms with Crippen LogP contribution in [0.25, 0.3) is 0 Å². The predicted molar refractivity (Wildman–Crippen MR) is 77.4 cm³/mol. The highest BCUT2D eigenvalue weighted by Crippen LogP contribution is 2.28. The first-order valence-corrected chi connectivity index (χ1v) is 6.88. The first-order chi connectivity index (χ1) is 10.6. The molecule has 2 aromatic rings. The molecule has 0 aromatic heterocycles. The van der Waals surface area contributed by atoms with Crippen LogP contribution in [0, 0.1) is 17.5 Å². The molecule has 22 heavy (non-hydrogen) atoms. The van der Waals surface area contributed by atoms with E-state index in [1.807, 2.05) is 18.2 Å². The molecule has 2 amide bonds. The summed E-state index contributed by atoms with van der Waals surface area (Å²) in [5, 5.41) is 2.29. The van der Waals surface area contributed by atoms with Crippen molar-refractivity contribution in [2.24, 2.45) is 0 Å². The molecule has 0 aliphatic carbocycles. The summed E-state index contributed by atoms with van der Waals surface area (Å²) < 4.78 is 39.8. The molecule has 3 nitrogen and oxygen atoms in total. The molecule has 1 aliphatic heterocycles. The van der Waals surface area contributed by atoms with Crippen molar-refractivity contribution in [2.45, 2.75) is 12.8 Å². The summed E-state index contributed by atoms with van der Waals surface area (Å²) in [5.41, 5.74) is 1.39. The van der Waals surface area contributed by atoms with Gasteiger partial charge in [-0.15, -0.1) is 0 Å². The summed E-state index contributed by atoms with van der Waals surface area (Å²) in [4.78, 5) is 13.8. The van der Waals surface area contributed by atoms with Crippen molar-refractivity contribution in [3.8, 4) is 0 Å². The SMILES string of the molecule is O=C(Nc1ccc(F)c(F)c1F)N1CCCc2ccccc21. The van der Waals surface area contributed by atoms with Gasteiger partial charge in [0.25, 0.3) is 0 Å². The molecule has 0 atom stereocenters.